The standard InChI is InChI=1S/C7H10O2.2CH4/c8-6-4-2-1-3-5-7-9;;/h2,4-7,9H,1,3H2;2*1H4/p-1/b4-2?,7-5-;;. The highest BCUT2D eigenvalue weighted by molar-refractivity contribution is 5.64. The minimum Gasteiger partial charge on any atom is -0.878 e. The third-order valence-electron chi connectivity index (χ3n) is 0.811. The number of carbonyl (C=O) groups is 1. The van der Waals surface area contributed by atoms with Crippen LogP contribution >= 0.6 is 0 Å². The number of unbranched alkanes of at least 4 members (excludes halogenated alkanes) is 1. The largest absolute Gasteiger partial charge is 0.878 e. The summed E-state index contributed by atoms with van der Waals surface area (Å²) in [6, 6.07) is 0. The Morgan fingerprint density at radius 1 is 1.09 bits per heavy atom. The monoisotopic (exact) mass is 157 g/mol. The Morgan fingerprint density at radius 2 is 1.64 bits per heavy atom. The minimum absolute atomic E-state index is 0. The number of hydrogen-bond donors (Lipinski definition) is 0. The summed E-state index contributed by atoms with van der Waals surface area (Å²) in [5, 5.41) is 9.69. The maximum Gasteiger partial charge on any atom is 0.142 e. The van der Waals surface area contributed by atoms with Crippen molar-refractivity contribution < 1.29 is 9.90 Å². The summed E-state index contributed by atoms with van der Waals surface area (Å²) < 4.78 is 0. The Kier molecular flexibility index (Phi) is 24.0. The van der Waals surface area contributed by atoms with Crippen LogP contribution in [0.25, 0.3) is 0 Å². The Morgan fingerprint density at radius 3 is 2.09 bits per heavy atom. The van der Waals surface area contributed by atoms with Crippen molar-refractivity contribution >= 4 is 6.29 Å². The molecule has 2 nitrogen and oxygen atoms in total. The van der Waals surface area contributed by atoms with Gasteiger partial charge in [-0.2, -0.15) is 6.26 Å². The molecular weight excluding hydrogens is 140 g/mol. The molecule has 0 unspecified atom stereocenters. The molecule has 0 aliphatic heterocycles. The molecule has 0 fully saturated rings. The predicted molar refractivity (Wildman–Crippen MR) is 47.0 cm³/mol. The fraction of sp³-hybridized carbons (Fsp3) is 0.444. The lowest BCUT2D eigenvalue weighted by molar-refractivity contribution is -0.275. The fourth-order valence-electron chi connectivity index (χ4n) is 0.412. The van der Waals surface area contributed by atoms with Crippen molar-refractivity contribution in [2.75, 3.05) is 0 Å². The number of allylic oxidation sites excluding steroid dienone is 3. The van der Waals surface area contributed by atoms with Gasteiger partial charge in [0.2, 0.25) is 0 Å². The highest BCUT2D eigenvalue weighted by Gasteiger charge is 1.71. The van der Waals surface area contributed by atoms with E-state index in [-0.39, 0.29) is 14.9 Å². The van der Waals surface area contributed by atoms with Crippen LogP contribution in [0.2, 0.25) is 0 Å². The Balaban J connectivity index is -0.000000320. The molecule has 0 bridgehead atoms. The van der Waals surface area contributed by atoms with E-state index in [1.54, 1.807) is 6.08 Å². The Labute approximate surface area is 69.2 Å². The maximum absolute atomic E-state index is 9.69. The molecule has 0 rings (SSSR count). The summed E-state index contributed by atoms with van der Waals surface area (Å²) in [6.07, 6.45) is 7.64. The van der Waals surface area contributed by atoms with E-state index in [9.17, 15) is 9.90 Å². The molecule has 0 atom stereocenters. The molecule has 0 heterocycles. The highest BCUT2D eigenvalue weighted by Crippen LogP contribution is 1.89. The molecule has 0 aromatic heterocycles. The second-order valence-corrected chi connectivity index (χ2v) is 1.51. The van der Waals surface area contributed by atoms with Crippen LogP contribution in [-0.4, -0.2) is 6.29 Å². The van der Waals surface area contributed by atoms with E-state index < -0.39 is 0 Å². The average molecular weight is 157 g/mol. The summed E-state index contributed by atoms with van der Waals surface area (Å²) in [5.74, 6) is 0. The normalized spacial score (nSPS) is 9.09. The van der Waals surface area contributed by atoms with Crippen molar-refractivity contribution in [3.05, 3.63) is 24.5 Å². The molecule has 0 spiro atoms. The summed E-state index contributed by atoms with van der Waals surface area (Å²) in [4.78, 5) is 9.67. The zero-order chi connectivity index (χ0) is 6.95. The first-order chi connectivity index (χ1) is 4.41. The first-order valence-corrected chi connectivity index (χ1v) is 2.79. The number of rotatable bonds is 4. The molecule has 0 amide bonds. The van der Waals surface area contributed by atoms with E-state index in [0.717, 1.165) is 19.0 Å². The van der Waals surface area contributed by atoms with Crippen LogP contribution in [0, 0.1) is 0 Å². The smallest absolute Gasteiger partial charge is 0.142 e. The summed E-state index contributed by atoms with van der Waals surface area (Å²) in [5.41, 5.74) is 0. The zero-order valence-electron chi connectivity index (χ0n) is 5.12. The fourth-order valence-corrected chi connectivity index (χ4v) is 0.412. The zero-order valence-corrected chi connectivity index (χ0v) is 5.12. The van der Waals surface area contributed by atoms with Gasteiger partial charge in [-0.3, -0.25) is 4.79 Å². The summed E-state index contributed by atoms with van der Waals surface area (Å²) in [7, 11) is 0. The van der Waals surface area contributed by atoms with Crippen LogP contribution in [0.3, 0.4) is 0 Å². The second-order valence-electron chi connectivity index (χ2n) is 1.51. The molecule has 11 heavy (non-hydrogen) atoms. The van der Waals surface area contributed by atoms with Gasteiger partial charge in [0.1, 0.15) is 6.29 Å². The van der Waals surface area contributed by atoms with Crippen molar-refractivity contribution in [3.8, 4) is 0 Å². The quantitative estimate of drug-likeness (QED) is 0.269. The molecule has 0 radical (unpaired) electrons. The van der Waals surface area contributed by atoms with E-state index >= 15 is 0 Å². The molecule has 0 aliphatic carbocycles. The van der Waals surface area contributed by atoms with Gasteiger partial charge in [0.15, 0.2) is 0 Å². The van der Waals surface area contributed by atoms with E-state index in [1.807, 2.05) is 0 Å². The molecule has 0 aromatic rings. The Hall–Kier alpha value is -1.05. The summed E-state index contributed by atoms with van der Waals surface area (Å²) >= 11 is 0. The second kappa shape index (κ2) is 16.0. The third-order valence-corrected chi connectivity index (χ3v) is 0.811. The van der Waals surface area contributed by atoms with Crippen molar-refractivity contribution in [1.29, 1.82) is 0 Å². The molecular formula is C9H17O2-. The predicted octanol–water partition coefficient (Wildman–Crippen LogP) is 1.67. The first kappa shape index (κ1) is 16.5. The van der Waals surface area contributed by atoms with Gasteiger partial charge in [0.25, 0.3) is 0 Å². The third kappa shape index (κ3) is 17.6. The number of carbonyl (C=O) groups excluding carboxylic acids is 1. The molecule has 0 aliphatic rings. The lowest BCUT2D eigenvalue weighted by Gasteiger charge is -1.87. The maximum atomic E-state index is 9.69. The Bertz CT molecular complexity index is 115. The van der Waals surface area contributed by atoms with E-state index in [0.29, 0.717) is 6.42 Å². The average Bonchev–Trinajstić information content (AvgIpc) is 1.89. The van der Waals surface area contributed by atoms with Crippen LogP contribution in [0.5, 0.6) is 0 Å². The van der Waals surface area contributed by atoms with Crippen LogP contribution in [-0.2, 0) is 4.79 Å². The van der Waals surface area contributed by atoms with E-state index in [2.05, 4.69) is 0 Å². The number of hydrogen-bond acceptors (Lipinski definition) is 2. The van der Waals surface area contributed by atoms with E-state index in [4.69, 9.17) is 0 Å². The van der Waals surface area contributed by atoms with Crippen molar-refractivity contribution in [1.82, 2.24) is 0 Å². The van der Waals surface area contributed by atoms with Gasteiger partial charge >= 0.3 is 0 Å². The summed E-state index contributed by atoms with van der Waals surface area (Å²) in [6.45, 7) is 0. The van der Waals surface area contributed by atoms with Gasteiger partial charge in [-0.1, -0.05) is 27.0 Å². The van der Waals surface area contributed by atoms with Crippen molar-refractivity contribution in [3.63, 3.8) is 0 Å². The molecule has 0 saturated carbocycles. The van der Waals surface area contributed by atoms with Gasteiger partial charge in [-0.15, -0.1) is 0 Å². The van der Waals surface area contributed by atoms with Gasteiger partial charge in [-0.25, -0.2) is 0 Å². The van der Waals surface area contributed by atoms with Gasteiger partial charge in [0.05, 0.1) is 0 Å². The van der Waals surface area contributed by atoms with Crippen molar-refractivity contribution in [2.24, 2.45) is 0 Å². The van der Waals surface area contributed by atoms with Gasteiger partial charge in [0, 0.05) is 0 Å². The van der Waals surface area contributed by atoms with Crippen LogP contribution in [0.1, 0.15) is 27.7 Å². The topological polar surface area (TPSA) is 40.1 Å². The van der Waals surface area contributed by atoms with Crippen LogP contribution in [0.4, 0.5) is 0 Å². The minimum atomic E-state index is 0. The van der Waals surface area contributed by atoms with Crippen molar-refractivity contribution in [2.45, 2.75) is 27.7 Å². The lowest BCUT2D eigenvalue weighted by Crippen LogP contribution is -1.83. The molecule has 0 N–H and O–H groups in total. The molecule has 0 aromatic carbocycles. The SMILES string of the molecule is C.C.O=CC=CCC/C=C\[O-]. The molecule has 66 valence electrons. The highest BCUT2D eigenvalue weighted by atomic mass is 16.2. The van der Waals surface area contributed by atoms with Crippen LogP contribution in [0.15, 0.2) is 24.5 Å². The number of aldehydes is 1. The lowest BCUT2D eigenvalue weighted by atomic mass is 10.3. The van der Waals surface area contributed by atoms with E-state index in [1.165, 1.54) is 12.2 Å². The van der Waals surface area contributed by atoms with Crippen LogP contribution < -0.4 is 5.11 Å². The van der Waals surface area contributed by atoms with Gasteiger partial charge < -0.3 is 5.11 Å². The molecule has 2 heteroatoms. The first-order valence-electron chi connectivity index (χ1n) is 2.79. The molecule has 0 saturated heterocycles. The van der Waals surface area contributed by atoms with Gasteiger partial charge in [-0.05, 0) is 18.9 Å².